The van der Waals surface area contributed by atoms with Gasteiger partial charge in [-0.2, -0.15) is 0 Å². The summed E-state index contributed by atoms with van der Waals surface area (Å²) in [5.41, 5.74) is 1.21. The first-order valence-corrected chi connectivity index (χ1v) is 7.09. The summed E-state index contributed by atoms with van der Waals surface area (Å²) in [6, 6.07) is -0.422. The summed E-state index contributed by atoms with van der Waals surface area (Å²) in [5, 5.41) is 5.56. The average molecular weight is 266 g/mol. The Hall–Kier alpha value is -1.52. The molecule has 0 aromatic carbocycles. The van der Waals surface area contributed by atoms with Gasteiger partial charge in [0, 0.05) is 5.70 Å². The van der Waals surface area contributed by atoms with Crippen LogP contribution in [-0.2, 0) is 9.53 Å². The average Bonchev–Trinajstić information content (AvgIpc) is 2.39. The summed E-state index contributed by atoms with van der Waals surface area (Å²) in [4.78, 5) is 23.7. The molecule has 1 aliphatic carbocycles. The van der Waals surface area contributed by atoms with Crippen LogP contribution >= 0.6 is 0 Å². The van der Waals surface area contributed by atoms with E-state index in [4.69, 9.17) is 4.74 Å². The van der Waals surface area contributed by atoms with Crippen LogP contribution in [0.2, 0.25) is 0 Å². The van der Waals surface area contributed by atoms with E-state index < -0.39 is 0 Å². The van der Waals surface area contributed by atoms with E-state index in [1.54, 1.807) is 13.8 Å². The molecule has 106 valence electrons. The zero-order valence-corrected chi connectivity index (χ0v) is 11.6. The van der Waals surface area contributed by atoms with Crippen LogP contribution in [0.5, 0.6) is 0 Å². The second-order valence-corrected chi connectivity index (χ2v) is 5.23. The smallest absolute Gasteiger partial charge is 0.337 e. The van der Waals surface area contributed by atoms with Crippen molar-refractivity contribution in [2.75, 3.05) is 6.61 Å². The van der Waals surface area contributed by atoms with Crippen molar-refractivity contribution in [1.82, 2.24) is 10.6 Å². The molecule has 0 aromatic heterocycles. The number of amides is 2. The van der Waals surface area contributed by atoms with Gasteiger partial charge in [-0.25, -0.2) is 9.59 Å². The van der Waals surface area contributed by atoms with Gasteiger partial charge in [0.15, 0.2) is 0 Å². The minimum atomic E-state index is -0.317. The van der Waals surface area contributed by atoms with Crippen LogP contribution < -0.4 is 10.6 Å². The third-order valence-electron chi connectivity index (χ3n) is 3.92. The molecule has 1 unspecified atom stereocenters. The standard InChI is InChI=1S/C14H22N2O3/c1-3-19-13(17)11-9(2)15-14(18)16-12(11)10-7-5-4-6-8-10/h10,12H,3-8H2,1-2H3,(H2,15,16,18). The number of esters is 1. The van der Waals surface area contributed by atoms with E-state index in [2.05, 4.69) is 10.6 Å². The highest BCUT2D eigenvalue weighted by Crippen LogP contribution is 2.31. The van der Waals surface area contributed by atoms with Crippen LogP contribution in [0.1, 0.15) is 46.0 Å². The number of hydrogen-bond acceptors (Lipinski definition) is 3. The van der Waals surface area contributed by atoms with E-state index in [1.807, 2.05) is 0 Å². The van der Waals surface area contributed by atoms with Gasteiger partial charge in [-0.3, -0.25) is 0 Å². The predicted molar refractivity (Wildman–Crippen MR) is 71.4 cm³/mol. The van der Waals surface area contributed by atoms with Crippen LogP contribution in [0.25, 0.3) is 0 Å². The van der Waals surface area contributed by atoms with Crippen molar-refractivity contribution in [3.05, 3.63) is 11.3 Å². The van der Waals surface area contributed by atoms with Crippen LogP contribution in [-0.4, -0.2) is 24.6 Å². The number of ether oxygens (including phenoxy) is 1. The van der Waals surface area contributed by atoms with E-state index in [-0.39, 0.29) is 18.0 Å². The molecule has 2 aliphatic rings. The van der Waals surface area contributed by atoms with Crippen molar-refractivity contribution in [2.24, 2.45) is 5.92 Å². The number of hydrogen-bond donors (Lipinski definition) is 2. The topological polar surface area (TPSA) is 67.4 Å². The first-order valence-electron chi connectivity index (χ1n) is 7.09. The molecule has 2 amide bonds. The van der Waals surface area contributed by atoms with Crippen molar-refractivity contribution in [3.8, 4) is 0 Å². The van der Waals surface area contributed by atoms with Crippen LogP contribution in [0.3, 0.4) is 0 Å². The Morgan fingerprint density at radius 3 is 2.63 bits per heavy atom. The number of urea groups is 1. The molecule has 1 aliphatic heterocycles. The number of rotatable bonds is 3. The third kappa shape index (κ3) is 3.08. The van der Waals surface area contributed by atoms with Gasteiger partial charge in [0.25, 0.3) is 0 Å². The molecule has 2 rings (SSSR count). The minimum absolute atomic E-state index is 0.201. The maximum absolute atomic E-state index is 12.1. The maximum Gasteiger partial charge on any atom is 0.337 e. The lowest BCUT2D eigenvalue weighted by Crippen LogP contribution is -2.53. The minimum Gasteiger partial charge on any atom is -0.463 e. The van der Waals surface area contributed by atoms with Crippen molar-refractivity contribution in [1.29, 1.82) is 0 Å². The second-order valence-electron chi connectivity index (χ2n) is 5.23. The van der Waals surface area contributed by atoms with Gasteiger partial charge in [-0.15, -0.1) is 0 Å². The highest BCUT2D eigenvalue weighted by Gasteiger charge is 2.36. The summed E-state index contributed by atoms with van der Waals surface area (Å²) < 4.78 is 5.12. The number of carbonyl (C=O) groups excluding carboxylic acids is 2. The summed E-state index contributed by atoms with van der Waals surface area (Å²) in [6.45, 7) is 3.90. The highest BCUT2D eigenvalue weighted by atomic mass is 16.5. The van der Waals surface area contributed by atoms with Crippen molar-refractivity contribution in [2.45, 2.75) is 52.0 Å². The first-order chi connectivity index (χ1) is 9.13. The van der Waals surface area contributed by atoms with Crippen LogP contribution in [0.15, 0.2) is 11.3 Å². The predicted octanol–water partition coefficient (Wildman–Crippen LogP) is 2.09. The monoisotopic (exact) mass is 266 g/mol. The van der Waals surface area contributed by atoms with E-state index in [9.17, 15) is 9.59 Å². The highest BCUT2D eigenvalue weighted by molar-refractivity contribution is 5.94. The Bertz CT molecular complexity index is 397. The lowest BCUT2D eigenvalue weighted by molar-refractivity contribution is -0.139. The Labute approximate surface area is 113 Å². The molecule has 0 bridgehead atoms. The fourth-order valence-electron chi connectivity index (χ4n) is 3.03. The molecule has 0 saturated heterocycles. The Kier molecular flexibility index (Phi) is 4.45. The fourth-order valence-corrected chi connectivity index (χ4v) is 3.03. The maximum atomic E-state index is 12.1. The van der Waals surface area contributed by atoms with E-state index in [0.717, 1.165) is 12.8 Å². The largest absolute Gasteiger partial charge is 0.463 e. The molecule has 1 saturated carbocycles. The summed E-state index contributed by atoms with van der Waals surface area (Å²) in [7, 11) is 0. The first kappa shape index (κ1) is 13.9. The van der Waals surface area contributed by atoms with Gasteiger partial charge >= 0.3 is 12.0 Å². The lowest BCUT2D eigenvalue weighted by atomic mass is 9.80. The SMILES string of the molecule is CCOC(=O)C1=C(C)NC(=O)NC1C1CCCCC1. The summed E-state index contributed by atoms with van der Waals surface area (Å²) >= 11 is 0. The molecule has 5 heteroatoms. The summed E-state index contributed by atoms with van der Waals surface area (Å²) in [6.07, 6.45) is 5.69. The molecule has 19 heavy (non-hydrogen) atoms. The van der Waals surface area contributed by atoms with Crippen LogP contribution in [0.4, 0.5) is 4.79 Å². The van der Waals surface area contributed by atoms with Crippen molar-refractivity contribution < 1.29 is 14.3 Å². The van der Waals surface area contributed by atoms with Gasteiger partial charge < -0.3 is 15.4 Å². The van der Waals surface area contributed by atoms with E-state index in [0.29, 0.717) is 23.8 Å². The van der Waals surface area contributed by atoms with E-state index >= 15 is 0 Å². The number of allylic oxidation sites excluding steroid dienone is 1. The zero-order valence-electron chi connectivity index (χ0n) is 11.6. The normalized spacial score (nSPS) is 24.7. The quantitative estimate of drug-likeness (QED) is 0.769. The third-order valence-corrected chi connectivity index (χ3v) is 3.92. The van der Waals surface area contributed by atoms with Gasteiger partial charge in [-0.05, 0) is 32.6 Å². The molecular formula is C14H22N2O3. The molecule has 2 N–H and O–H groups in total. The molecular weight excluding hydrogens is 244 g/mol. The van der Waals surface area contributed by atoms with Gasteiger partial charge in [0.1, 0.15) is 0 Å². The molecule has 5 nitrogen and oxygen atoms in total. The Balaban J connectivity index is 2.23. The van der Waals surface area contributed by atoms with Gasteiger partial charge in [0.05, 0.1) is 18.2 Å². The molecule has 0 aromatic rings. The molecule has 0 radical (unpaired) electrons. The van der Waals surface area contributed by atoms with Crippen molar-refractivity contribution in [3.63, 3.8) is 0 Å². The molecule has 1 atom stereocenters. The van der Waals surface area contributed by atoms with Crippen LogP contribution in [0, 0.1) is 5.92 Å². The Morgan fingerprint density at radius 2 is 2.00 bits per heavy atom. The molecule has 1 heterocycles. The Morgan fingerprint density at radius 1 is 1.32 bits per heavy atom. The lowest BCUT2D eigenvalue weighted by Gasteiger charge is -2.35. The number of nitrogens with one attached hydrogen (secondary N) is 2. The molecule has 1 fully saturated rings. The van der Waals surface area contributed by atoms with Gasteiger partial charge in [0.2, 0.25) is 0 Å². The zero-order chi connectivity index (χ0) is 13.8. The van der Waals surface area contributed by atoms with E-state index in [1.165, 1.54) is 19.3 Å². The fraction of sp³-hybridized carbons (Fsp3) is 0.714. The number of carbonyl (C=O) groups is 2. The van der Waals surface area contributed by atoms with Gasteiger partial charge in [-0.1, -0.05) is 19.3 Å². The summed E-state index contributed by atoms with van der Waals surface area (Å²) in [5.74, 6) is 0.0252. The van der Waals surface area contributed by atoms with Crippen molar-refractivity contribution >= 4 is 12.0 Å². The molecule has 0 spiro atoms. The second kappa shape index (κ2) is 6.08.